The van der Waals surface area contributed by atoms with Crippen molar-refractivity contribution in [3.8, 4) is 0 Å². The van der Waals surface area contributed by atoms with Crippen molar-refractivity contribution in [2.24, 2.45) is 0 Å². The molecule has 0 aliphatic rings. The Hall–Kier alpha value is -2.55. The molecular formula is C12H11N3O5S. The number of oxazole rings is 1. The Kier molecular flexibility index (Phi) is 2.87. The number of benzene rings is 1. The second-order valence-electron chi connectivity index (χ2n) is 4.48. The Bertz CT molecular complexity index is 960. The zero-order chi connectivity index (χ0) is 15.2. The van der Waals surface area contributed by atoms with Gasteiger partial charge >= 0.3 is 5.76 Å². The number of aromatic amines is 1. The van der Waals surface area contributed by atoms with E-state index in [4.69, 9.17) is 8.94 Å². The molecule has 3 aromatic rings. The van der Waals surface area contributed by atoms with Crippen LogP contribution in [0.3, 0.4) is 0 Å². The van der Waals surface area contributed by atoms with Gasteiger partial charge in [-0.25, -0.2) is 13.2 Å². The summed E-state index contributed by atoms with van der Waals surface area (Å²) < 4.78 is 36.8. The number of aryl methyl sites for hydroxylation is 2. The minimum Gasteiger partial charge on any atom is -0.408 e. The molecule has 2 aromatic heterocycles. The molecule has 3 rings (SSSR count). The van der Waals surface area contributed by atoms with Crippen LogP contribution in [0.2, 0.25) is 0 Å². The van der Waals surface area contributed by atoms with Gasteiger partial charge in [-0.1, -0.05) is 5.16 Å². The lowest BCUT2D eigenvalue weighted by molar-refractivity contribution is 0.390. The van der Waals surface area contributed by atoms with Crippen LogP contribution in [0.4, 0.5) is 5.69 Å². The summed E-state index contributed by atoms with van der Waals surface area (Å²) >= 11 is 0. The first-order valence-corrected chi connectivity index (χ1v) is 7.44. The molecule has 110 valence electrons. The minimum absolute atomic E-state index is 0.00174. The maximum Gasteiger partial charge on any atom is 0.417 e. The van der Waals surface area contributed by atoms with E-state index >= 15 is 0 Å². The fourth-order valence-corrected chi connectivity index (χ4v) is 3.45. The Balaban J connectivity index is 2.03. The van der Waals surface area contributed by atoms with Gasteiger partial charge in [0, 0.05) is 6.07 Å². The van der Waals surface area contributed by atoms with Crippen LogP contribution >= 0.6 is 0 Å². The van der Waals surface area contributed by atoms with Gasteiger partial charge in [0.1, 0.15) is 5.69 Å². The molecule has 2 N–H and O–H groups in total. The third-order valence-electron chi connectivity index (χ3n) is 2.91. The standard InChI is InChI=1S/C12H11N3O5S/c1-6-11(7(2)20-14-6)21(17,18)15-8-3-4-9-10(5-8)19-12(16)13-9/h3-5,15H,1-2H3,(H,13,16). The van der Waals surface area contributed by atoms with Gasteiger partial charge in [-0.3, -0.25) is 9.71 Å². The first-order chi connectivity index (χ1) is 9.87. The zero-order valence-corrected chi connectivity index (χ0v) is 11.9. The number of fused-ring (bicyclic) bond motifs is 1. The topological polar surface area (TPSA) is 118 Å². The molecule has 0 atom stereocenters. The molecule has 0 fully saturated rings. The molecular weight excluding hydrogens is 298 g/mol. The van der Waals surface area contributed by atoms with Gasteiger partial charge in [-0.2, -0.15) is 0 Å². The van der Waals surface area contributed by atoms with Crippen LogP contribution in [0.25, 0.3) is 11.1 Å². The van der Waals surface area contributed by atoms with Gasteiger partial charge in [0.15, 0.2) is 16.2 Å². The number of aromatic nitrogens is 2. The van der Waals surface area contributed by atoms with E-state index in [1.165, 1.54) is 19.1 Å². The molecule has 8 nitrogen and oxygen atoms in total. The second-order valence-corrected chi connectivity index (χ2v) is 6.10. The smallest absolute Gasteiger partial charge is 0.408 e. The Morgan fingerprint density at radius 3 is 2.71 bits per heavy atom. The molecule has 1 aromatic carbocycles. The minimum atomic E-state index is -3.83. The largest absolute Gasteiger partial charge is 0.417 e. The third-order valence-corrected chi connectivity index (χ3v) is 4.53. The number of rotatable bonds is 3. The molecule has 0 unspecified atom stereocenters. The summed E-state index contributed by atoms with van der Waals surface area (Å²) in [4.78, 5) is 13.5. The van der Waals surface area contributed by atoms with Crippen molar-refractivity contribution >= 4 is 26.8 Å². The molecule has 0 aliphatic heterocycles. The number of H-pyrrole nitrogens is 1. The predicted octanol–water partition coefficient (Wildman–Crippen LogP) is 1.53. The summed E-state index contributed by atoms with van der Waals surface area (Å²) in [5.41, 5.74) is 1.29. The monoisotopic (exact) mass is 309 g/mol. The van der Waals surface area contributed by atoms with Crippen molar-refractivity contribution in [1.82, 2.24) is 10.1 Å². The van der Waals surface area contributed by atoms with Crippen molar-refractivity contribution in [3.63, 3.8) is 0 Å². The lowest BCUT2D eigenvalue weighted by atomic mass is 10.3. The van der Waals surface area contributed by atoms with E-state index in [9.17, 15) is 13.2 Å². The molecule has 21 heavy (non-hydrogen) atoms. The molecule has 0 saturated heterocycles. The second kappa shape index (κ2) is 4.48. The molecule has 0 aliphatic carbocycles. The summed E-state index contributed by atoms with van der Waals surface area (Å²) in [6.07, 6.45) is 0. The zero-order valence-electron chi connectivity index (χ0n) is 11.1. The first kappa shape index (κ1) is 13.4. The number of hydrogen-bond acceptors (Lipinski definition) is 6. The van der Waals surface area contributed by atoms with Gasteiger partial charge in [0.25, 0.3) is 10.0 Å². The number of nitrogens with zero attached hydrogens (tertiary/aromatic N) is 1. The van der Waals surface area contributed by atoms with Crippen molar-refractivity contribution in [1.29, 1.82) is 0 Å². The Morgan fingerprint density at radius 1 is 1.29 bits per heavy atom. The fraction of sp³-hybridized carbons (Fsp3) is 0.167. The maximum atomic E-state index is 12.3. The van der Waals surface area contributed by atoms with E-state index < -0.39 is 15.8 Å². The van der Waals surface area contributed by atoms with Crippen molar-refractivity contribution < 1.29 is 17.4 Å². The van der Waals surface area contributed by atoms with Crippen LogP contribution in [-0.4, -0.2) is 18.6 Å². The predicted molar refractivity (Wildman–Crippen MR) is 73.6 cm³/mol. The average molecular weight is 309 g/mol. The normalized spacial score (nSPS) is 11.9. The van der Waals surface area contributed by atoms with E-state index in [0.717, 1.165) is 0 Å². The van der Waals surface area contributed by atoms with Gasteiger partial charge in [-0.15, -0.1) is 0 Å². The van der Waals surface area contributed by atoms with Gasteiger partial charge in [0.05, 0.1) is 11.2 Å². The van der Waals surface area contributed by atoms with E-state index in [1.54, 1.807) is 13.0 Å². The van der Waals surface area contributed by atoms with Crippen molar-refractivity contribution in [2.75, 3.05) is 4.72 Å². The molecule has 0 bridgehead atoms. The lowest BCUT2D eigenvalue weighted by Gasteiger charge is -2.07. The van der Waals surface area contributed by atoms with E-state index in [0.29, 0.717) is 5.52 Å². The first-order valence-electron chi connectivity index (χ1n) is 5.95. The van der Waals surface area contributed by atoms with Crippen LogP contribution in [0.1, 0.15) is 11.5 Å². The van der Waals surface area contributed by atoms with Crippen LogP contribution < -0.4 is 10.5 Å². The summed E-state index contributed by atoms with van der Waals surface area (Å²) in [7, 11) is -3.83. The highest BCUT2D eigenvalue weighted by Crippen LogP contribution is 2.23. The molecule has 0 saturated carbocycles. The van der Waals surface area contributed by atoms with Gasteiger partial charge in [0.2, 0.25) is 0 Å². The highest BCUT2D eigenvalue weighted by atomic mass is 32.2. The van der Waals surface area contributed by atoms with Crippen molar-refractivity contribution in [2.45, 2.75) is 18.7 Å². The molecule has 2 heterocycles. The van der Waals surface area contributed by atoms with E-state index in [2.05, 4.69) is 14.9 Å². The quantitative estimate of drug-likeness (QED) is 0.757. The van der Waals surface area contributed by atoms with Crippen LogP contribution in [0, 0.1) is 13.8 Å². The highest BCUT2D eigenvalue weighted by molar-refractivity contribution is 7.92. The molecule has 0 radical (unpaired) electrons. The highest BCUT2D eigenvalue weighted by Gasteiger charge is 2.24. The number of sulfonamides is 1. The molecule has 0 spiro atoms. The molecule has 9 heteroatoms. The Morgan fingerprint density at radius 2 is 2.05 bits per heavy atom. The van der Waals surface area contributed by atoms with Crippen molar-refractivity contribution in [3.05, 3.63) is 40.2 Å². The third kappa shape index (κ3) is 2.31. The average Bonchev–Trinajstić information content (AvgIpc) is 2.90. The Labute approximate surface area is 118 Å². The summed E-state index contributed by atoms with van der Waals surface area (Å²) in [6, 6.07) is 4.48. The maximum absolute atomic E-state index is 12.3. The van der Waals surface area contributed by atoms with E-state index in [1.807, 2.05) is 0 Å². The summed E-state index contributed by atoms with van der Waals surface area (Å²) in [6.45, 7) is 3.06. The number of nitrogens with one attached hydrogen (secondary N) is 2. The van der Waals surface area contributed by atoms with Gasteiger partial charge < -0.3 is 8.94 Å². The SMILES string of the molecule is Cc1noc(C)c1S(=O)(=O)Nc1ccc2[nH]c(=O)oc2c1. The van der Waals surface area contributed by atoms with Gasteiger partial charge in [-0.05, 0) is 26.0 Å². The number of anilines is 1. The van der Waals surface area contributed by atoms with Crippen LogP contribution in [0.15, 0.2) is 36.8 Å². The van der Waals surface area contributed by atoms with Crippen LogP contribution in [0.5, 0.6) is 0 Å². The van der Waals surface area contributed by atoms with Crippen LogP contribution in [-0.2, 0) is 10.0 Å². The van der Waals surface area contributed by atoms with E-state index in [-0.39, 0.29) is 27.6 Å². The number of hydrogen-bond donors (Lipinski definition) is 2. The lowest BCUT2D eigenvalue weighted by Crippen LogP contribution is -2.14. The fourth-order valence-electron chi connectivity index (χ4n) is 2.07. The summed E-state index contributed by atoms with van der Waals surface area (Å²) in [5, 5.41) is 3.62. The summed E-state index contributed by atoms with van der Waals surface area (Å²) in [5.74, 6) is -0.398. The molecule has 0 amide bonds.